The van der Waals surface area contributed by atoms with Crippen molar-refractivity contribution < 1.29 is 38.6 Å². The number of carbonyl (C=O) groups is 5. The molecular weight excluding hydrogens is 632 g/mol. The normalized spacial score (nSPS) is 20.3. The minimum Gasteiger partial charge on any atom is -0.483 e. The van der Waals surface area contributed by atoms with Crippen LogP contribution >= 0.6 is 0 Å². The van der Waals surface area contributed by atoms with Crippen molar-refractivity contribution in [3.05, 3.63) is 35.5 Å². The van der Waals surface area contributed by atoms with E-state index in [2.05, 4.69) is 15.6 Å². The van der Waals surface area contributed by atoms with Gasteiger partial charge in [-0.05, 0) is 82.4 Å². The zero-order valence-corrected chi connectivity index (χ0v) is 28.0. The third-order valence-electron chi connectivity index (χ3n) is 10.0. The molecule has 4 fully saturated rings. The molecule has 264 valence electrons. The van der Waals surface area contributed by atoms with Crippen LogP contribution in [0.2, 0.25) is 0 Å². The first-order valence-electron chi connectivity index (χ1n) is 17.5. The lowest BCUT2D eigenvalue weighted by Gasteiger charge is -2.37. The number of benzene rings is 1. The Kier molecular flexibility index (Phi) is 10.8. The summed E-state index contributed by atoms with van der Waals surface area (Å²) in [6, 6.07) is 5.56. The Hall–Kier alpha value is -4.46. The lowest BCUT2D eigenvalue weighted by atomic mass is 9.93. The Balaban J connectivity index is 1.11. The third-order valence-corrected chi connectivity index (χ3v) is 10.0. The number of amides is 5. The zero-order valence-electron chi connectivity index (χ0n) is 28.0. The van der Waals surface area contributed by atoms with Gasteiger partial charge >= 0.3 is 6.09 Å². The lowest BCUT2D eigenvalue weighted by Crippen LogP contribution is -2.56. The number of rotatable bonds is 11. The number of nitrogens with one attached hydrogen (secondary N) is 2. The summed E-state index contributed by atoms with van der Waals surface area (Å²) < 4.78 is 11.5. The Bertz CT molecular complexity index is 1570. The molecule has 2 aromatic rings. The smallest absolute Gasteiger partial charge is 0.410 e. The van der Waals surface area contributed by atoms with E-state index in [4.69, 9.17) is 9.47 Å². The summed E-state index contributed by atoms with van der Waals surface area (Å²) >= 11 is 0. The second kappa shape index (κ2) is 15.4. The molecule has 2 aliphatic heterocycles. The van der Waals surface area contributed by atoms with Crippen molar-refractivity contribution in [2.45, 2.75) is 88.9 Å². The van der Waals surface area contributed by atoms with Gasteiger partial charge in [-0.15, -0.1) is 0 Å². The molecule has 5 amide bonds. The summed E-state index contributed by atoms with van der Waals surface area (Å²) in [4.78, 5) is 75.0. The van der Waals surface area contributed by atoms with Crippen molar-refractivity contribution in [2.24, 2.45) is 0 Å². The topological polar surface area (TPSA) is 171 Å². The Morgan fingerprint density at radius 3 is 2.35 bits per heavy atom. The van der Waals surface area contributed by atoms with Gasteiger partial charge in [-0.1, -0.05) is 6.07 Å². The van der Waals surface area contributed by atoms with Crippen LogP contribution < -0.4 is 15.4 Å². The molecule has 14 heteroatoms. The van der Waals surface area contributed by atoms with Crippen LogP contribution in [0.15, 0.2) is 24.3 Å². The van der Waals surface area contributed by atoms with Crippen molar-refractivity contribution in [2.75, 3.05) is 45.9 Å². The molecule has 3 heterocycles. The fraction of sp³-hybridized carbons (Fsp3) is 0.600. The standard InChI is InChI=1S/C35H46N6O8/c1-22-10-11-25-27(19-22)37-28(20-30(25)48-21-31(43)41-13-4-9-29(41)33(45)36-23-5-2-6-23)32(44)38-26(12-18-42)34(46)39-14-16-40(17-15-39)35(47)49-24-7-3-8-24/h10-11,19-20,23-24,26,29,42H,2-9,12-18,21H2,1H3,(H,36,45)(H,38,44). The second-order valence-corrected chi connectivity index (χ2v) is 13.5. The molecule has 2 aliphatic carbocycles. The van der Waals surface area contributed by atoms with E-state index in [0.29, 0.717) is 37.0 Å². The maximum atomic E-state index is 13.6. The van der Waals surface area contributed by atoms with Crippen LogP contribution in [0.3, 0.4) is 0 Å². The van der Waals surface area contributed by atoms with Crippen LogP contribution in [0.5, 0.6) is 5.75 Å². The molecule has 3 N–H and O–H groups in total. The molecule has 4 aliphatic rings. The number of likely N-dealkylation sites (tertiary alicyclic amines) is 1. The minimum atomic E-state index is -1.02. The van der Waals surface area contributed by atoms with Crippen molar-refractivity contribution >= 4 is 40.6 Å². The maximum absolute atomic E-state index is 13.6. The SMILES string of the molecule is Cc1ccc2c(OCC(=O)N3CCCC3C(=O)NC3CCC3)cc(C(=O)NC(CCO)C(=O)N3CCN(C(=O)OC4CCC4)CC3)nc2c1. The molecule has 1 aromatic carbocycles. The average molecular weight is 679 g/mol. The summed E-state index contributed by atoms with van der Waals surface area (Å²) in [7, 11) is 0. The predicted molar refractivity (Wildman–Crippen MR) is 178 cm³/mol. The molecule has 0 radical (unpaired) electrons. The van der Waals surface area contributed by atoms with Gasteiger partial charge in [0.25, 0.3) is 11.8 Å². The highest BCUT2D eigenvalue weighted by atomic mass is 16.6. The summed E-state index contributed by atoms with van der Waals surface area (Å²) in [5, 5.41) is 16.1. The van der Waals surface area contributed by atoms with E-state index in [1.807, 2.05) is 19.1 Å². The number of piperazine rings is 1. The molecule has 2 saturated carbocycles. The van der Waals surface area contributed by atoms with Crippen molar-refractivity contribution in [1.29, 1.82) is 0 Å². The number of carbonyl (C=O) groups excluding carboxylic acids is 5. The predicted octanol–water partition coefficient (Wildman–Crippen LogP) is 1.90. The maximum Gasteiger partial charge on any atom is 0.410 e. The van der Waals surface area contributed by atoms with Gasteiger partial charge in [-0.3, -0.25) is 19.2 Å². The molecule has 6 rings (SSSR count). The number of ether oxygens (including phenoxy) is 2. The van der Waals surface area contributed by atoms with Gasteiger partial charge < -0.3 is 39.9 Å². The van der Waals surface area contributed by atoms with Crippen LogP contribution in [-0.2, 0) is 19.1 Å². The molecule has 0 spiro atoms. The molecular formula is C35H46N6O8. The number of fused-ring (bicyclic) bond motifs is 1. The van der Waals surface area contributed by atoms with Crippen molar-refractivity contribution in [3.8, 4) is 5.75 Å². The van der Waals surface area contributed by atoms with Crippen LogP contribution in [0.25, 0.3) is 10.9 Å². The highest BCUT2D eigenvalue weighted by Crippen LogP contribution is 2.28. The quantitative estimate of drug-likeness (QED) is 0.321. The average Bonchev–Trinajstić information content (AvgIpc) is 3.56. The van der Waals surface area contributed by atoms with E-state index in [9.17, 15) is 29.1 Å². The highest BCUT2D eigenvalue weighted by molar-refractivity contribution is 5.99. The number of aliphatic hydroxyl groups is 1. The van der Waals surface area contributed by atoms with E-state index < -0.39 is 18.0 Å². The second-order valence-electron chi connectivity index (χ2n) is 13.5. The number of pyridine rings is 1. The third kappa shape index (κ3) is 8.06. The molecule has 2 saturated heterocycles. The first-order valence-corrected chi connectivity index (χ1v) is 17.5. The highest BCUT2D eigenvalue weighted by Gasteiger charge is 2.36. The number of aryl methyl sites for hydroxylation is 1. The van der Waals surface area contributed by atoms with Crippen LogP contribution in [0.4, 0.5) is 4.79 Å². The van der Waals surface area contributed by atoms with Crippen molar-refractivity contribution in [1.82, 2.24) is 30.3 Å². The van der Waals surface area contributed by atoms with E-state index in [1.165, 1.54) is 6.07 Å². The number of hydrogen-bond acceptors (Lipinski definition) is 9. The fourth-order valence-electron chi connectivity index (χ4n) is 6.61. The molecule has 2 unspecified atom stereocenters. The number of nitrogens with zero attached hydrogens (tertiary/aromatic N) is 4. The number of aliphatic hydroxyl groups excluding tert-OH is 1. The Morgan fingerprint density at radius 2 is 1.67 bits per heavy atom. The lowest BCUT2D eigenvalue weighted by molar-refractivity contribution is -0.140. The summed E-state index contributed by atoms with van der Waals surface area (Å²) in [5.41, 5.74) is 1.36. The fourth-order valence-corrected chi connectivity index (χ4v) is 6.61. The van der Waals surface area contributed by atoms with Gasteiger partial charge in [-0.25, -0.2) is 9.78 Å². The number of hydrogen-bond donors (Lipinski definition) is 3. The monoisotopic (exact) mass is 678 g/mol. The molecule has 49 heavy (non-hydrogen) atoms. The molecule has 1 aromatic heterocycles. The zero-order chi connectivity index (χ0) is 34.5. The van der Waals surface area contributed by atoms with E-state index in [0.717, 1.165) is 50.5 Å². The van der Waals surface area contributed by atoms with E-state index >= 15 is 0 Å². The summed E-state index contributed by atoms with van der Waals surface area (Å²) in [6.07, 6.45) is 6.76. The van der Waals surface area contributed by atoms with Crippen LogP contribution in [0.1, 0.15) is 73.8 Å². The first kappa shape index (κ1) is 34.4. The summed E-state index contributed by atoms with van der Waals surface area (Å²) in [5.74, 6) is -1.18. The van der Waals surface area contributed by atoms with Crippen LogP contribution in [-0.4, -0.2) is 125 Å². The van der Waals surface area contributed by atoms with Gasteiger partial charge in [-0.2, -0.15) is 0 Å². The van der Waals surface area contributed by atoms with E-state index in [1.54, 1.807) is 20.8 Å². The molecule has 14 nitrogen and oxygen atoms in total. The van der Waals surface area contributed by atoms with Gasteiger partial charge in [0.15, 0.2) is 6.61 Å². The Labute approximate surface area is 285 Å². The Morgan fingerprint density at radius 1 is 0.939 bits per heavy atom. The summed E-state index contributed by atoms with van der Waals surface area (Å²) in [6.45, 7) is 2.87. The largest absolute Gasteiger partial charge is 0.483 e. The van der Waals surface area contributed by atoms with Gasteiger partial charge in [0.05, 0.1) is 5.52 Å². The first-order chi connectivity index (χ1) is 23.7. The van der Waals surface area contributed by atoms with E-state index in [-0.39, 0.29) is 80.1 Å². The van der Waals surface area contributed by atoms with Gasteiger partial charge in [0.2, 0.25) is 11.8 Å². The van der Waals surface area contributed by atoms with Gasteiger partial charge in [0.1, 0.15) is 29.6 Å². The van der Waals surface area contributed by atoms with Gasteiger partial charge in [0, 0.05) is 56.8 Å². The van der Waals surface area contributed by atoms with Crippen molar-refractivity contribution in [3.63, 3.8) is 0 Å². The molecule has 0 bridgehead atoms. The minimum absolute atomic E-state index is 0.00954. The van der Waals surface area contributed by atoms with Crippen LogP contribution in [0, 0.1) is 6.92 Å². The number of aromatic nitrogens is 1. The molecule has 2 atom stereocenters.